The predicted octanol–water partition coefficient (Wildman–Crippen LogP) is 8.33. The Kier molecular flexibility index (Phi) is 15.0. The molecule has 2 rings (SSSR count). The first-order chi connectivity index (χ1) is 22.4. The van der Waals surface area contributed by atoms with Gasteiger partial charge in [-0.2, -0.15) is 0 Å². The Morgan fingerprint density at radius 1 is 0.939 bits per heavy atom. The number of ether oxygens (including phenoxy) is 5. The number of epoxide rings is 1. The van der Waals surface area contributed by atoms with Crippen molar-refractivity contribution >= 4 is 28.6 Å². The number of carbonyl (C=O) groups excluding carboxylic acids is 2. The van der Waals surface area contributed by atoms with E-state index in [1.165, 1.54) is 13.8 Å². The molecule has 280 valence electrons. The van der Waals surface area contributed by atoms with Gasteiger partial charge in [-0.05, 0) is 60.9 Å². The van der Waals surface area contributed by atoms with Gasteiger partial charge in [-0.25, -0.2) is 0 Å². The monoisotopic (exact) mass is 722 g/mol. The molecule has 0 saturated carbocycles. The van der Waals surface area contributed by atoms with Crippen LogP contribution in [0.15, 0.2) is 36.9 Å². The lowest BCUT2D eigenvalue weighted by Crippen LogP contribution is -2.57. The maximum absolute atomic E-state index is 12.8. The number of hydrogen-bond donors (Lipinski definition) is 0. The van der Waals surface area contributed by atoms with Gasteiger partial charge in [-0.3, -0.25) is 9.59 Å². The lowest BCUT2D eigenvalue weighted by atomic mass is 9.80. The van der Waals surface area contributed by atoms with Gasteiger partial charge in [-0.1, -0.05) is 66.7 Å². The largest absolute Gasteiger partial charge is 0.497 e. The molecule has 1 unspecified atom stereocenters. The first-order valence-corrected chi connectivity index (χ1v) is 23.3. The topological polar surface area (TPSA) is 102 Å². The first kappa shape index (κ1) is 43.1. The zero-order valence-corrected chi connectivity index (χ0v) is 35.1. The molecule has 1 heterocycles. The van der Waals surface area contributed by atoms with E-state index < -0.39 is 58.2 Å². The maximum atomic E-state index is 12.8. The summed E-state index contributed by atoms with van der Waals surface area (Å²) in [7, 11) is -3.06. The number of benzene rings is 1. The Hall–Kier alpha value is -2.03. The quantitative estimate of drug-likeness (QED) is 0.0604. The van der Waals surface area contributed by atoms with E-state index in [1.54, 1.807) is 13.2 Å². The van der Waals surface area contributed by atoms with Gasteiger partial charge >= 0.3 is 11.9 Å². The Morgan fingerprint density at radius 2 is 1.51 bits per heavy atom. The summed E-state index contributed by atoms with van der Waals surface area (Å²) in [5.41, 5.74) is 0.327. The molecule has 0 radical (unpaired) electrons. The summed E-state index contributed by atoms with van der Waals surface area (Å²) < 4.78 is 44.1. The zero-order valence-electron chi connectivity index (χ0n) is 33.1. The van der Waals surface area contributed by atoms with E-state index in [1.807, 2.05) is 24.3 Å². The van der Waals surface area contributed by atoms with E-state index in [-0.39, 0.29) is 35.3 Å². The molecule has 1 aliphatic heterocycles. The van der Waals surface area contributed by atoms with Gasteiger partial charge in [0.1, 0.15) is 24.1 Å². The fraction of sp³-hybridized carbons (Fsp3) is 0.737. The number of methoxy groups -OCH3 is 1. The van der Waals surface area contributed by atoms with Gasteiger partial charge in [0, 0.05) is 38.2 Å². The maximum Gasteiger partial charge on any atom is 0.302 e. The highest BCUT2D eigenvalue weighted by Crippen LogP contribution is 2.52. The van der Waals surface area contributed by atoms with Gasteiger partial charge in [0.15, 0.2) is 16.6 Å². The molecule has 0 amide bonds. The Labute approximate surface area is 299 Å². The van der Waals surface area contributed by atoms with Crippen molar-refractivity contribution in [1.82, 2.24) is 0 Å². The Balaban J connectivity index is 2.57. The van der Waals surface area contributed by atoms with Crippen LogP contribution in [0.4, 0.5) is 0 Å². The SMILES string of the molecule is C=C[C@@H](COC(C)=O)[C@@H](OC(C)=O)[C@H](CO[Si](C)(C)C(C)(C)C)[C@H](O[Si](C)(C)C(C)(C)C)C1(C)O[C@@H]1[C@@H](C)COCc1ccc(OC)cc1. The van der Waals surface area contributed by atoms with Gasteiger partial charge < -0.3 is 32.5 Å². The second-order valence-corrected chi connectivity index (χ2v) is 26.4. The molecule has 1 saturated heterocycles. The molecule has 0 aliphatic carbocycles. The molecular weight excluding hydrogens is 657 g/mol. The van der Waals surface area contributed by atoms with E-state index >= 15 is 0 Å². The van der Waals surface area contributed by atoms with E-state index in [2.05, 4.69) is 88.2 Å². The average Bonchev–Trinajstić information content (AvgIpc) is 3.67. The normalized spacial score (nSPS) is 21.6. The fourth-order valence-corrected chi connectivity index (χ4v) is 7.95. The predicted molar refractivity (Wildman–Crippen MR) is 200 cm³/mol. The third kappa shape index (κ3) is 11.8. The first-order valence-electron chi connectivity index (χ1n) is 17.5. The van der Waals surface area contributed by atoms with Crippen LogP contribution in [0.5, 0.6) is 5.75 Å². The average molecular weight is 723 g/mol. The van der Waals surface area contributed by atoms with Crippen molar-refractivity contribution in [2.75, 3.05) is 26.9 Å². The Bertz CT molecular complexity index is 1240. The van der Waals surface area contributed by atoms with Gasteiger partial charge in [0.25, 0.3) is 0 Å². The van der Waals surface area contributed by atoms with Crippen LogP contribution in [0, 0.1) is 17.8 Å². The minimum Gasteiger partial charge on any atom is -0.497 e. The molecule has 1 aliphatic rings. The fourth-order valence-electron chi connectivity index (χ4n) is 5.52. The van der Waals surface area contributed by atoms with Crippen LogP contribution in [0.1, 0.15) is 74.8 Å². The summed E-state index contributed by atoms with van der Waals surface area (Å²) in [6.45, 7) is 34.3. The molecule has 1 fully saturated rings. The molecule has 1 aromatic carbocycles. The Morgan fingerprint density at radius 3 is 1.98 bits per heavy atom. The molecule has 9 nitrogen and oxygen atoms in total. The van der Waals surface area contributed by atoms with Crippen LogP contribution in [-0.2, 0) is 44.0 Å². The molecule has 11 heteroatoms. The van der Waals surface area contributed by atoms with Crippen molar-refractivity contribution in [3.05, 3.63) is 42.5 Å². The van der Waals surface area contributed by atoms with Crippen LogP contribution in [0.2, 0.25) is 36.3 Å². The third-order valence-electron chi connectivity index (χ3n) is 10.8. The lowest BCUT2D eigenvalue weighted by Gasteiger charge is -2.46. The standard InChI is InChI=1S/C38H66O9Si2/c1-17-30(24-43-27(3)39)33(45-28(4)40)32(25-44-48(13,14)36(5,6)7)35(47-49(15,16)37(8,9)10)38(11)34(46-38)26(2)22-42-23-29-18-20-31(41-12)21-19-29/h17-21,26,30,32-35H,1,22-25H2,2-16H3/t26-,30-,32-,33+,34+,35-,38?/m0/s1. The minimum absolute atomic E-state index is 0.0107. The number of rotatable bonds is 19. The molecule has 0 aromatic heterocycles. The smallest absolute Gasteiger partial charge is 0.302 e. The van der Waals surface area contributed by atoms with Crippen LogP contribution in [0.3, 0.4) is 0 Å². The van der Waals surface area contributed by atoms with Crippen molar-refractivity contribution in [2.24, 2.45) is 17.8 Å². The van der Waals surface area contributed by atoms with Crippen LogP contribution >= 0.6 is 0 Å². The van der Waals surface area contributed by atoms with Crippen LogP contribution in [0.25, 0.3) is 0 Å². The summed E-state index contributed by atoms with van der Waals surface area (Å²) in [6.07, 6.45) is 0.248. The second-order valence-electron chi connectivity index (χ2n) is 16.9. The van der Waals surface area contributed by atoms with E-state index in [0.29, 0.717) is 13.2 Å². The third-order valence-corrected chi connectivity index (χ3v) is 19.7. The molecule has 7 atom stereocenters. The number of esters is 2. The lowest BCUT2D eigenvalue weighted by molar-refractivity contribution is -0.160. The van der Waals surface area contributed by atoms with Crippen LogP contribution < -0.4 is 4.74 Å². The molecule has 49 heavy (non-hydrogen) atoms. The minimum atomic E-state index is -2.44. The van der Waals surface area contributed by atoms with E-state index in [9.17, 15) is 9.59 Å². The van der Waals surface area contributed by atoms with Crippen molar-refractivity contribution in [1.29, 1.82) is 0 Å². The summed E-state index contributed by atoms with van der Waals surface area (Å²) in [5, 5.41) is -0.172. The van der Waals surface area contributed by atoms with E-state index in [4.69, 9.17) is 32.5 Å². The van der Waals surface area contributed by atoms with Crippen molar-refractivity contribution in [3.8, 4) is 5.75 Å². The van der Waals surface area contributed by atoms with Crippen molar-refractivity contribution in [2.45, 2.75) is 136 Å². The number of carbonyl (C=O) groups is 2. The van der Waals surface area contributed by atoms with E-state index in [0.717, 1.165) is 11.3 Å². The van der Waals surface area contributed by atoms with Gasteiger partial charge in [0.2, 0.25) is 0 Å². The van der Waals surface area contributed by atoms with Gasteiger partial charge in [0.05, 0.1) is 32.5 Å². The molecule has 0 bridgehead atoms. The van der Waals surface area contributed by atoms with Gasteiger partial charge in [-0.15, -0.1) is 6.58 Å². The zero-order chi connectivity index (χ0) is 37.6. The number of hydrogen-bond acceptors (Lipinski definition) is 9. The summed E-state index contributed by atoms with van der Waals surface area (Å²) >= 11 is 0. The second kappa shape index (κ2) is 17.0. The summed E-state index contributed by atoms with van der Waals surface area (Å²) in [5.74, 6) is -0.984. The molecular formula is C38H66O9Si2. The van der Waals surface area contributed by atoms with Crippen LogP contribution in [-0.4, -0.2) is 79.4 Å². The highest BCUT2D eigenvalue weighted by Gasteiger charge is 2.65. The molecule has 1 aromatic rings. The highest BCUT2D eigenvalue weighted by atomic mass is 28.4. The van der Waals surface area contributed by atoms with Crippen molar-refractivity contribution < 1.29 is 42.1 Å². The summed E-state index contributed by atoms with van der Waals surface area (Å²) in [6, 6.07) is 7.85. The molecule has 0 spiro atoms. The summed E-state index contributed by atoms with van der Waals surface area (Å²) in [4.78, 5) is 24.7. The highest BCUT2D eigenvalue weighted by molar-refractivity contribution is 6.74. The van der Waals surface area contributed by atoms with Crippen molar-refractivity contribution in [3.63, 3.8) is 0 Å². The molecule has 0 N–H and O–H groups in total.